The standard InChI is InChI=1S/C20H23N7O/c1-5-16(17-12(2)25-26(4)13(17)3)22-20-23-18-15(19(28)24-20)11-21-27(18)14-9-7-6-8-10-14/h6-11,16H,5H2,1-4H3,(H2,22,23,24,28). The van der Waals surface area contributed by atoms with Gasteiger partial charge in [-0.2, -0.15) is 15.2 Å². The van der Waals surface area contributed by atoms with Crippen LogP contribution in [0.2, 0.25) is 0 Å². The highest BCUT2D eigenvalue weighted by molar-refractivity contribution is 5.76. The first-order valence-electron chi connectivity index (χ1n) is 9.29. The minimum absolute atomic E-state index is 0.0117. The van der Waals surface area contributed by atoms with Gasteiger partial charge in [0, 0.05) is 18.3 Å². The molecule has 0 saturated carbocycles. The summed E-state index contributed by atoms with van der Waals surface area (Å²) in [6, 6.07) is 9.64. The van der Waals surface area contributed by atoms with E-state index in [1.165, 1.54) is 0 Å². The summed E-state index contributed by atoms with van der Waals surface area (Å²) in [6.07, 6.45) is 2.37. The molecule has 8 heteroatoms. The number of H-pyrrole nitrogens is 1. The quantitative estimate of drug-likeness (QED) is 0.558. The fourth-order valence-corrected chi connectivity index (χ4v) is 3.58. The Kier molecular flexibility index (Phi) is 4.46. The Hall–Kier alpha value is -3.42. The molecule has 1 aromatic carbocycles. The second-order valence-corrected chi connectivity index (χ2v) is 6.86. The van der Waals surface area contributed by atoms with E-state index >= 15 is 0 Å². The molecule has 0 aliphatic carbocycles. The van der Waals surface area contributed by atoms with Crippen molar-refractivity contribution in [1.82, 2.24) is 29.5 Å². The second kappa shape index (κ2) is 6.95. The summed E-state index contributed by atoms with van der Waals surface area (Å²) in [5.74, 6) is 0.421. The molecule has 0 amide bonds. The molecule has 0 aliphatic heterocycles. The molecular formula is C20H23N7O. The highest BCUT2D eigenvalue weighted by atomic mass is 16.1. The van der Waals surface area contributed by atoms with Gasteiger partial charge in [0.05, 0.1) is 23.6 Å². The average Bonchev–Trinajstić information content (AvgIpc) is 3.22. The van der Waals surface area contributed by atoms with E-state index in [0.717, 1.165) is 29.1 Å². The zero-order valence-electron chi connectivity index (χ0n) is 16.4. The monoisotopic (exact) mass is 377 g/mol. The summed E-state index contributed by atoms with van der Waals surface area (Å²) < 4.78 is 3.55. The Balaban J connectivity index is 1.78. The Labute approximate surface area is 162 Å². The van der Waals surface area contributed by atoms with Crippen molar-refractivity contribution in [2.24, 2.45) is 7.05 Å². The number of hydrogen-bond donors (Lipinski definition) is 2. The van der Waals surface area contributed by atoms with Crippen LogP contribution in [0.3, 0.4) is 0 Å². The van der Waals surface area contributed by atoms with Crippen molar-refractivity contribution in [2.75, 3.05) is 5.32 Å². The molecule has 1 atom stereocenters. The fraction of sp³-hybridized carbons (Fsp3) is 0.300. The van der Waals surface area contributed by atoms with Gasteiger partial charge in [0.15, 0.2) is 5.65 Å². The van der Waals surface area contributed by atoms with Crippen LogP contribution in [0, 0.1) is 13.8 Å². The normalized spacial score (nSPS) is 12.4. The lowest BCUT2D eigenvalue weighted by Gasteiger charge is -2.18. The van der Waals surface area contributed by atoms with Crippen LogP contribution in [0.15, 0.2) is 41.3 Å². The molecule has 0 bridgehead atoms. The largest absolute Gasteiger partial charge is 0.349 e. The molecule has 8 nitrogen and oxygen atoms in total. The summed E-state index contributed by atoms with van der Waals surface area (Å²) >= 11 is 0. The van der Waals surface area contributed by atoms with Crippen LogP contribution in [-0.2, 0) is 7.05 Å². The zero-order valence-corrected chi connectivity index (χ0v) is 16.4. The number of nitrogens with zero attached hydrogens (tertiary/aromatic N) is 5. The SMILES string of the molecule is CCC(Nc1nc2c(cnn2-c2ccccc2)c(=O)[nH]1)c1c(C)nn(C)c1C. The Morgan fingerprint density at radius 1 is 1.21 bits per heavy atom. The molecule has 4 aromatic rings. The number of benzene rings is 1. The molecule has 0 radical (unpaired) electrons. The molecule has 28 heavy (non-hydrogen) atoms. The van der Waals surface area contributed by atoms with Gasteiger partial charge in [0.25, 0.3) is 5.56 Å². The fourth-order valence-electron chi connectivity index (χ4n) is 3.58. The van der Waals surface area contributed by atoms with E-state index in [4.69, 9.17) is 0 Å². The van der Waals surface area contributed by atoms with E-state index in [2.05, 4.69) is 32.4 Å². The van der Waals surface area contributed by atoms with Gasteiger partial charge in [-0.1, -0.05) is 25.1 Å². The maximum Gasteiger partial charge on any atom is 0.263 e. The van der Waals surface area contributed by atoms with Gasteiger partial charge < -0.3 is 5.32 Å². The van der Waals surface area contributed by atoms with Crippen LogP contribution in [0.25, 0.3) is 16.7 Å². The van der Waals surface area contributed by atoms with E-state index < -0.39 is 0 Å². The van der Waals surface area contributed by atoms with E-state index in [1.807, 2.05) is 55.9 Å². The van der Waals surface area contributed by atoms with Crippen LogP contribution < -0.4 is 10.9 Å². The van der Waals surface area contributed by atoms with Crippen LogP contribution in [0.4, 0.5) is 5.95 Å². The molecule has 0 saturated heterocycles. The average molecular weight is 377 g/mol. The Morgan fingerprint density at radius 3 is 2.61 bits per heavy atom. The van der Waals surface area contributed by atoms with Crippen molar-refractivity contribution in [1.29, 1.82) is 0 Å². The zero-order chi connectivity index (χ0) is 19.8. The van der Waals surface area contributed by atoms with Crippen LogP contribution in [0.1, 0.15) is 36.3 Å². The van der Waals surface area contributed by atoms with E-state index in [1.54, 1.807) is 10.9 Å². The van der Waals surface area contributed by atoms with Gasteiger partial charge >= 0.3 is 0 Å². The third-order valence-corrected chi connectivity index (χ3v) is 5.07. The Bertz CT molecular complexity index is 1190. The first kappa shape index (κ1) is 18.0. The van der Waals surface area contributed by atoms with Crippen molar-refractivity contribution in [3.05, 3.63) is 63.8 Å². The molecule has 0 fully saturated rings. The summed E-state index contributed by atoms with van der Waals surface area (Å²) in [7, 11) is 1.93. The maximum atomic E-state index is 12.6. The third kappa shape index (κ3) is 2.96. The Morgan fingerprint density at radius 2 is 1.96 bits per heavy atom. The highest BCUT2D eigenvalue weighted by Gasteiger charge is 2.20. The second-order valence-electron chi connectivity index (χ2n) is 6.86. The molecule has 144 valence electrons. The van der Waals surface area contributed by atoms with E-state index in [0.29, 0.717) is 17.0 Å². The topological polar surface area (TPSA) is 93.4 Å². The molecular weight excluding hydrogens is 354 g/mol. The number of fused-ring (bicyclic) bond motifs is 1. The predicted octanol–water partition coefficient (Wildman–Crippen LogP) is 3.02. The molecule has 2 N–H and O–H groups in total. The van der Waals surface area contributed by atoms with Crippen molar-refractivity contribution >= 4 is 17.0 Å². The van der Waals surface area contributed by atoms with Crippen molar-refractivity contribution in [3.8, 4) is 5.69 Å². The third-order valence-electron chi connectivity index (χ3n) is 5.07. The number of rotatable bonds is 5. The molecule has 4 rings (SSSR count). The van der Waals surface area contributed by atoms with Gasteiger partial charge in [0.2, 0.25) is 5.95 Å². The number of aromatic amines is 1. The molecule has 3 aromatic heterocycles. The van der Waals surface area contributed by atoms with E-state index in [-0.39, 0.29) is 11.6 Å². The minimum atomic E-state index is -0.218. The smallest absolute Gasteiger partial charge is 0.263 e. The summed E-state index contributed by atoms with van der Waals surface area (Å²) in [6.45, 7) is 6.13. The molecule has 0 aliphatic rings. The number of nitrogens with one attached hydrogen (secondary N) is 2. The predicted molar refractivity (Wildman–Crippen MR) is 109 cm³/mol. The lowest BCUT2D eigenvalue weighted by molar-refractivity contribution is 0.711. The van der Waals surface area contributed by atoms with Crippen LogP contribution in [0.5, 0.6) is 0 Å². The lowest BCUT2D eigenvalue weighted by Crippen LogP contribution is -2.18. The lowest BCUT2D eigenvalue weighted by atomic mass is 10.0. The van der Waals surface area contributed by atoms with Gasteiger partial charge in [0.1, 0.15) is 5.39 Å². The summed E-state index contributed by atoms with van der Waals surface area (Å²) in [5.41, 5.74) is 4.35. The first-order valence-corrected chi connectivity index (χ1v) is 9.29. The first-order chi connectivity index (χ1) is 13.5. The van der Waals surface area contributed by atoms with Gasteiger partial charge in [-0.05, 0) is 32.4 Å². The highest BCUT2D eigenvalue weighted by Crippen LogP contribution is 2.26. The van der Waals surface area contributed by atoms with Gasteiger partial charge in [-0.3, -0.25) is 14.5 Å². The number of anilines is 1. The summed E-state index contributed by atoms with van der Waals surface area (Å²) in [4.78, 5) is 20.1. The molecule has 1 unspecified atom stereocenters. The van der Waals surface area contributed by atoms with E-state index in [9.17, 15) is 4.79 Å². The molecule has 3 heterocycles. The number of aryl methyl sites for hydroxylation is 2. The minimum Gasteiger partial charge on any atom is -0.349 e. The van der Waals surface area contributed by atoms with Crippen molar-refractivity contribution < 1.29 is 0 Å². The number of para-hydroxylation sites is 1. The van der Waals surface area contributed by atoms with Crippen molar-refractivity contribution in [3.63, 3.8) is 0 Å². The van der Waals surface area contributed by atoms with Crippen LogP contribution in [-0.4, -0.2) is 29.5 Å². The summed E-state index contributed by atoms with van der Waals surface area (Å²) in [5, 5.41) is 12.7. The van der Waals surface area contributed by atoms with Crippen molar-refractivity contribution in [2.45, 2.75) is 33.2 Å². The maximum absolute atomic E-state index is 12.6. The number of hydrogen-bond acceptors (Lipinski definition) is 5. The molecule has 0 spiro atoms. The van der Waals surface area contributed by atoms with Gasteiger partial charge in [-0.25, -0.2) is 4.68 Å². The van der Waals surface area contributed by atoms with Gasteiger partial charge in [-0.15, -0.1) is 0 Å². The van der Waals surface area contributed by atoms with Crippen LogP contribution >= 0.6 is 0 Å². The number of aromatic nitrogens is 6.